The van der Waals surface area contributed by atoms with Crippen LogP contribution in [-0.4, -0.2) is 6.71 Å². The topological polar surface area (TPSA) is 6.48 Å². The van der Waals surface area contributed by atoms with Crippen molar-refractivity contribution >= 4 is 163 Å². The lowest BCUT2D eigenvalue weighted by atomic mass is 9.33. The van der Waals surface area contributed by atoms with Gasteiger partial charge in [-0.05, 0) is 122 Å². The zero-order valence-corrected chi connectivity index (χ0v) is 37.9. The lowest BCUT2D eigenvalue weighted by Crippen LogP contribution is -2.61. The Labute approximate surface area is 391 Å². The van der Waals surface area contributed by atoms with Crippen molar-refractivity contribution in [3.05, 3.63) is 199 Å². The number of benzene rings is 9. The first-order valence-electron chi connectivity index (χ1n) is 22.0. The van der Waals surface area contributed by atoms with E-state index in [2.05, 4.69) is 209 Å². The minimum Gasteiger partial charge on any atom is -0.311 e. The fourth-order valence-corrected chi connectivity index (χ4v) is 15.0. The molecule has 0 fully saturated rings. The average molecular weight is 897 g/mol. The molecule has 302 valence electrons. The largest absolute Gasteiger partial charge is 0.311 e. The van der Waals surface area contributed by atoms with Crippen LogP contribution >= 0.6 is 45.3 Å². The van der Waals surface area contributed by atoms with E-state index in [1.54, 1.807) is 0 Å². The van der Waals surface area contributed by atoms with Crippen LogP contribution in [0.1, 0.15) is 0 Å². The van der Waals surface area contributed by atoms with Crippen LogP contribution in [0.2, 0.25) is 0 Å². The third-order valence-electron chi connectivity index (χ3n) is 13.8. The summed E-state index contributed by atoms with van der Waals surface area (Å²) in [5, 5.41) is 12.3. The Bertz CT molecular complexity index is 3840. The van der Waals surface area contributed by atoms with Crippen LogP contribution in [0, 0.1) is 0 Å². The molecule has 9 aromatic carbocycles. The Morgan fingerprint density at radius 1 is 0.308 bits per heavy atom. The van der Waals surface area contributed by atoms with Gasteiger partial charge in [0.15, 0.2) is 0 Å². The third kappa shape index (κ3) is 5.15. The van der Waals surface area contributed by atoms with Gasteiger partial charge in [0.25, 0.3) is 6.71 Å². The van der Waals surface area contributed by atoms with Gasteiger partial charge >= 0.3 is 0 Å². The van der Waals surface area contributed by atoms with Crippen LogP contribution in [0.4, 0.5) is 34.1 Å². The Hall–Kier alpha value is -7.00. The summed E-state index contributed by atoms with van der Waals surface area (Å²) in [6.07, 6.45) is 0. The molecule has 15 rings (SSSR count). The second-order valence-electron chi connectivity index (χ2n) is 17.1. The van der Waals surface area contributed by atoms with Crippen molar-refractivity contribution in [3.8, 4) is 22.3 Å². The molecule has 0 unspecified atom stereocenters. The fraction of sp³-hybridized carbons (Fsp3) is 0. The zero-order chi connectivity index (χ0) is 42.3. The van der Waals surface area contributed by atoms with Crippen LogP contribution in [0.3, 0.4) is 0 Å². The van der Waals surface area contributed by atoms with Gasteiger partial charge in [-0.25, -0.2) is 0 Å². The molecule has 2 aliphatic rings. The van der Waals surface area contributed by atoms with E-state index in [1.807, 2.05) is 45.3 Å². The first-order chi connectivity index (χ1) is 32.2. The van der Waals surface area contributed by atoms with Crippen molar-refractivity contribution in [1.29, 1.82) is 0 Å². The summed E-state index contributed by atoms with van der Waals surface area (Å²) >= 11 is 7.43. The lowest BCUT2D eigenvalue weighted by molar-refractivity contribution is 1.26. The Kier molecular flexibility index (Phi) is 7.69. The van der Waals surface area contributed by atoms with Gasteiger partial charge in [-0.2, -0.15) is 0 Å². The van der Waals surface area contributed by atoms with Gasteiger partial charge in [0.05, 0.1) is 11.4 Å². The van der Waals surface area contributed by atoms with Crippen LogP contribution in [0.25, 0.3) is 82.8 Å². The maximum Gasteiger partial charge on any atom is 0.252 e. The quantitative estimate of drug-likeness (QED) is 0.162. The number of thiophene rings is 4. The smallest absolute Gasteiger partial charge is 0.252 e. The van der Waals surface area contributed by atoms with Gasteiger partial charge < -0.3 is 9.80 Å². The van der Waals surface area contributed by atoms with Crippen LogP contribution < -0.4 is 26.2 Å². The van der Waals surface area contributed by atoms with Crippen molar-refractivity contribution in [1.82, 2.24) is 0 Å². The van der Waals surface area contributed by atoms with Crippen molar-refractivity contribution < 1.29 is 0 Å². The molecule has 6 heterocycles. The molecule has 0 radical (unpaired) electrons. The van der Waals surface area contributed by atoms with E-state index < -0.39 is 0 Å². The summed E-state index contributed by atoms with van der Waals surface area (Å²) < 4.78 is 7.84. The van der Waals surface area contributed by atoms with E-state index in [0.717, 1.165) is 0 Å². The number of hydrogen-bond donors (Lipinski definition) is 0. The highest BCUT2D eigenvalue weighted by Gasteiger charge is 2.45. The number of nitrogens with zero attached hydrogens (tertiary/aromatic N) is 2. The van der Waals surface area contributed by atoms with E-state index in [9.17, 15) is 0 Å². The molecule has 65 heavy (non-hydrogen) atoms. The highest BCUT2D eigenvalue weighted by molar-refractivity contribution is 7.26. The predicted octanol–water partition coefficient (Wildman–Crippen LogP) is 16.3. The van der Waals surface area contributed by atoms with Crippen LogP contribution in [0.15, 0.2) is 199 Å². The summed E-state index contributed by atoms with van der Waals surface area (Å²) in [6.45, 7) is -0.0278. The molecular weight excluding hydrogens is 864 g/mol. The minimum atomic E-state index is -0.0278. The zero-order valence-electron chi connectivity index (χ0n) is 34.7. The second-order valence-corrected chi connectivity index (χ2v) is 21.2. The van der Waals surface area contributed by atoms with Crippen molar-refractivity contribution in [2.75, 3.05) is 9.80 Å². The van der Waals surface area contributed by atoms with E-state index in [1.165, 1.54) is 133 Å². The third-order valence-corrected chi connectivity index (χ3v) is 17.9. The normalized spacial score (nSPS) is 13.1. The summed E-state index contributed by atoms with van der Waals surface area (Å²) in [4.78, 5) is 5.24. The molecule has 7 heteroatoms. The summed E-state index contributed by atoms with van der Waals surface area (Å²) in [5.74, 6) is 0. The average Bonchev–Trinajstić information content (AvgIpc) is 4.18. The highest BCUT2D eigenvalue weighted by Crippen LogP contribution is 2.52. The lowest BCUT2D eigenvalue weighted by Gasteiger charge is -2.45. The van der Waals surface area contributed by atoms with Crippen LogP contribution in [0.5, 0.6) is 0 Å². The number of fused-ring (bicyclic) bond motifs is 12. The van der Waals surface area contributed by atoms with E-state index in [4.69, 9.17) is 0 Å². The fourth-order valence-electron chi connectivity index (χ4n) is 11.1. The molecule has 0 saturated carbocycles. The Balaban J connectivity index is 1.11. The van der Waals surface area contributed by atoms with E-state index >= 15 is 0 Å². The summed E-state index contributed by atoms with van der Waals surface area (Å²) in [5.41, 5.74) is 16.3. The summed E-state index contributed by atoms with van der Waals surface area (Å²) in [7, 11) is 0. The molecule has 0 N–H and O–H groups in total. The molecule has 0 saturated heterocycles. The molecule has 2 aliphatic heterocycles. The van der Waals surface area contributed by atoms with Gasteiger partial charge in [-0.1, -0.05) is 115 Å². The molecular formula is C58H33BN2S4. The van der Waals surface area contributed by atoms with Gasteiger partial charge in [0.1, 0.15) is 0 Å². The Morgan fingerprint density at radius 3 is 1.26 bits per heavy atom. The van der Waals surface area contributed by atoms with E-state index in [0.29, 0.717) is 0 Å². The monoisotopic (exact) mass is 896 g/mol. The maximum atomic E-state index is 2.62. The SMILES string of the molecule is c1ccc(-c2c(N3c4cc5sc6ccccc6c5cc4B4c5cc6c(cc5N(c5ccc7sccc7c5-c5ccccc5)c5cccc3c54)sc3ccccc36)ccc3sccc23)cc1. The van der Waals surface area contributed by atoms with Crippen molar-refractivity contribution in [2.45, 2.75) is 0 Å². The molecule has 0 spiro atoms. The maximum absolute atomic E-state index is 2.62. The minimum absolute atomic E-state index is 0.0278. The predicted molar refractivity (Wildman–Crippen MR) is 288 cm³/mol. The standard InChI is InChI=1S/C58H33BN2S4/c1-3-12-34(13-4-1)56-38-26-28-62-50(38)24-22-44(56)60-46-18-11-19-47-58(46)59(42-30-40-36-16-7-9-20-52(36)64-54(40)32-48(42)60)43-31-41-37-17-8-10-21-53(37)65-55(41)33-49(43)61(47)45-23-25-51-39(27-29-63-51)57(45)35-14-5-2-6-15-35/h1-33H. The number of hydrogen-bond acceptors (Lipinski definition) is 6. The van der Waals surface area contributed by atoms with Crippen LogP contribution in [-0.2, 0) is 0 Å². The number of anilines is 6. The van der Waals surface area contributed by atoms with Crippen molar-refractivity contribution in [2.24, 2.45) is 0 Å². The molecule has 0 amide bonds. The molecule has 13 aromatic rings. The molecule has 0 atom stereocenters. The molecule has 4 aromatic heterocycles. The van der Waals surface area contributed by atoms with E-state index in [-0.39, 0.29) is 6.71 Å². The van der Waals surface area contributed by atoms with Gasteiger partial charge in [0.2, 0.25) is 0 Å². The molecule has 2 nitrogen and oxygen atoms in total. The van der Waals surface area contributed by atoms with Gasteiger partial charge in [0, 0.05) is 83.6 Å². The first kappa shape index (κ1) is 36.4. The Morgan fingerprint density at radius 2 is 0.769 bits per heavy atom. The summed E-state index contributed by atoms with van der Waals surface area (Å²) in [6, 6.07) is 71.3. The first-order valence-corrected chi connectivity index (χ1v) is 25.4. The molecule has 0 bridgehead atoms. The van der Waals surface area contributed by atoms with Crippen molar-refractivity contribution in [3.63, 3.8) is 0 Å². The molecule has 0 aliphatic carbocycles. The van der Waals surface area contributed by atoms with Gasteiger partial charge in [-0.3, -0.25) is 0 Å². The van der Waals surface area contributed by atoms with Gasteiger partial charge in [-0.15, -0.1) is 45.3 Å². The highest BCUT2D eigenvalue weighted by atomic mass is 32.1. The second kappa shape index (κ2) is 13.8. The number of rotatable bonds is 4.